The summed E-state index contributed by atoms with van der Waals surface area (Å²) in [4.78, 5) is 11.7. The Labute approximate surface area is 123 Å². The van der Waals surface area contributed by atoms with Gasteiger partial charge < -0.3 is 25.3 Å². The summed E-state index contributed by atoms with van der Waals surface area (Å²) in [6.07, 6.45) is 0. The van der Waals surface area contributed by atoms with E-state index < -0.39 is 12.0 Å². The summed E-state index contributed by atoms with van der Waals surface area (Å²) < 4.78 is 16.0. The second kappa shape index (κ2) is 6.69. The lowest BCUT2D eigenvalue weighted by Gasteiger charge is -2.21. The van der Waals surface area contributed by atoms with Crippen LogP contribution in [0.25, 0.3) is 0 Å². The average Bonchev–Trinajstić information content (AvgIpc) is 2.42. The Hall–Kier alpha value is -2.64. The van der Waals surface area contributed by atoms with Crippen molar-refractivity contribution in [3.63, 3.8) is 0 Å². The van der Waals surface area contributed by atoms with Crippen molar-refractivity contribution in [1.29, 1.82) is 5.41 Å². The van der Waals surface area contributed by atoms with Gasteiger partial charge in [-0.3, -0.25) is 10.7 Å². The van der Waals surface area contributed by atoms with E-state index in [0.29, 0.717) is 34.1 Å². The third-order valence-electron chi connectivity index (χ3n) is 2.94. The largest absolute Gasteiger partial charge is 0.492 e. The number of nitrogens with one attached hydrogen (secondary N) is 3. The van der Waals surface area contributed by atoms with Gasteiger partial charge in [-0.25, -0.2) is 4.79 Å². The van der Waals surface area contributed by atoms with Gasteiger partial charge in [-0.1, -0.05) is 0 Å². The molecule has 0 aromatic heterocycles. The van der Waals surface area contributed by atoms with Crippen LogP contribution in [0.15, 0.2) is 0 Å². The van der Waals surface area contributed by atoms with Crippen molar-refractivity contribution in [2.24, 2.45) is 5.73 Å². The van der Waals surface area contributed by atoms with Crippen LogP contribution in [-0.2, 0) is 0 Å². The number of benzene rings is 1. The van der Waals surface area contributed by atoms with Gasteiger partial charge in [0.05, 0.1) is 27.0 Å². The zero-order valence-electron chi connectivity index (χ0n) is 12.7. The second-order valence-corrected chi connectivity index (χ2v) is 4.22. The first-order chi connectivity index (χ1) is 9.87. The van der Waals surface area contributed by atoms with E-state index in [1.807, 2.05) is 0 Å². The number of hydrogen-bond acceptors (Lipinski definition) is 5. The molecule has 0 spiro atoms. The number of rotatable bonds is 4. The highest BCUT2D eigenvalue weighted by Gasteiger charge is 2.23. The fourth-order valence-electron chi connectivity index (χ4n) is 2.08. The molecule has 0 heterocycles. The van der Waals surface area contributed by atoms with E-state index in [-0.39, 0.29) is 0 Å². The normalized spacial score (nSPS) is 9.76. The summed E-state index contributed by atoms with van der Waals surface area (Å²) in [6, 6.07) is -0.622. The van der Waals surface area contributed by atoms with Gasteiger partial charge in [-0.2, -0.15) is 0 Å². The van der Waals surface area contributed by atoms with Crippen LogP contribution in [-0.4, -0.2) is 33.3 Å². The third-order valence-corrected chi connectivity index (χ3v) is 2.94. The highest BCUT2D eigenvalue weighted by molar-refractivity contribution is 6.02. The molecule has 116 valence electrons. The molecule has 0 saturated heterocycles. The summed E-state index contributed by atoms with van der Waals surface area (Å²) in [5, 5.41) is 11.8. The Balaban J connectivity index is 3.38. The van der Waals surface area contributed by atoms with Crippen LogP contribution in [0.5, 0.6) is 17.2 Å². The number of amides is 2. The van der Waals surface area contributed by atoms with Crippen LogP contribution < -0.4 is 30.6 Å². The Morgan fingerprint density at radius 2 is 1.43 bits per heavy atom. The van der Waals surface area contributed by atoms with E-state index in [9.17, 15) is 4.79 Å². The Bertz CT molecular complexity index is 541. The lowest BCUT2D eigenvalue weighted by atomic mass is 10.1. The maximum Gasteiger partial charge on any atom is 0.326 e. The van der Waals surface area contributed by atoms with Crippen LogP contribution in [0.3, 0.4) is 0 Å². The van der Waals surface area contributed by atoms with Crippen molar-refractivity contribution in [1.82, 2.24) is 5.32 Å². The molecule has 8 heteroatoms. The van der Waals surface area contributed by atoms with Crippen molar-refractivity contribution in [2.75, 3.05) is 26.6 Å². The van der Waals surface area contributed by atoms with Crippen molar-refractivity contribution < 1.29 is 19.0 Å². The maximum atomic E-state index is 11.7. The lowest BCUT2D eigenvalue weighted by Crippen LogP contribution is -2.39. The molecule has 1 rings (SSSR count). The molecule has 0 saturated carbocycles. The molecule has 1 aromatic rings. The van der Waals surface area contributed by atoms with Crippen molar-refractivity contribution >= 4 is 17.7 Å². The zero-order chi connectivity index (χ0) is 16.2. The van der Waals surface area contributed by atoms with E-state index in [4.69, 9.17) is 25.4 Å². The first kappa shape index (κ1) is 16.4. The first-order valence-corrected chi connectivity index (χ1v) is 6.08. The van der Waals surface area contributed by atoms with E-state index in [1.54, 1.807) is 13.8 Å². The Kier molecular flexibility index (Phi) is 5.23. The molecule has 21 heavy (non-hydrogen) atoms. The highest BCUT2D eigenvalue weighted by Crippen LogP contribution is 2.46. The highest BCUT2D eigenvalue weighted by atomic mass is 16.5. The van der Waals surface area contributed by atoms with Crippen LogP contribution in [0.2, 0.25) is 0 Å². The van der Waals surface area contributed by atoms with Crippen LogP contribution >= 0.6 is 0 Å². The SMILES string of the molecule is COc1c(C)c(NC(=O)NC(=N)N)c(C)c(OC)c1OC. The van der Waals surface area contributed by atoms with Crippen molar-refractivity contribution in [3.05, 3.63) is 11.1 Å². The topological polar surface area (TPSA) is 119 Å². The predicted molar refractivity (Wildman–Crippen MR) is 79.6 cm³/mol. The van der Waals surface area contributed by atoms with Crippen LogP contribution in [0, 0.1) is 19.3 Å². The maximum absolute atomic E-state index is 11.7. The third kappa shape index (κ3) is 3.28. The fraction of sp³-hybridized carbons (Fsp3) is 0.385. The van der Waals surface area contributed by atoms with Gasteiger partial charge >= 0.3 is 6.03 Å². The number of urea groups is 1. The molecular formula is C13H20N4O4. The monoisotopic (exact) mass is 296 g/mol. The minimum Gasteiger partial charge on any atom is -0.492 e. The predicted octanol–water partition coefficient (Wildman–Crippen LogP) is 1.34. The van der Waals surface area contributed by atoms with E-state index in [2.05, 4.69) is 10.6 Å². The molecule has 0 fully saturated rings. The molecule has 0 bridgehead atoms. The van der Waals surface area contributed by atoms with Gasteiger partial charge in [0, 0.05) is 11.1 Å². The summed E-state index contributed by atoms with van der Waals surface area (Å²) in [5.74, 6) is 0.916. The van der Waals surface area contributed by atoms with Crippen molar-refractivity contribution in [2.45, 2.75) is 13.8 Å². The molecule has 1 aromatic carbocycles. The molecule has 2 amide bonds. The Morgan fingerprint density at radius 1 is 1.00 bits per heavy atom. The van der Waals surface area contributed by atoms with E-state index in [1.165, 1.54) is 21.3 Å². The summed E-state index contributed by atoms with van der Waals surface area (Å²) in [6.45, 7) is 3.55. The molecule has 0 unspecified atom stereocenters. The fourth-order valence-corrected chi connectivity index (χ4v) is 2.08. The lowest BCUT2D eigenvalue weighted by molar-refractivity contribution is 0.256. The second-order valence-electron chi connectivity index (χ2n) is 4.22. The molecule has 0 aliphatic heterocycles. The number of guanidine groups is 1. The zero-order valence-corrected chi connectivity index (χ0v) is 12.7. The minimum atomic E-state index is -0.622. The average molecular weight is 296 g/mol. The van der Waals surface area contributed by atoms with Crippen LogP contribution in [0.1, 0.15) is 11.1 Å². The van der Waals surface area contributed by atoms with Crippen LogP contribution in [0.4, 0.5) is 10.5 Å². The van der Waals surface area contributed by atoms with Gasteiger partial charge in [0.25, 0.3) is 0 Å². The van der Waals surface area contributed by atoms with Gasteiger partial charge in [0.2, 0.25) is 5.75 Å². The number of carbonyl (C=O) groups excluding carboxylic acids is 1. The van der Waals surface area contributed by atoms with Gasteiger partial charge in [0.1, 0.15) is 0 Å². The summed E-state index contributed by atoms with van der Waals surface area (Å²) in [5.41, 5.74) is 6.97. The van der Waals surface area contributed by atoms with Gasteiger partial charge in [-0.05, 0) is 13.8 Å². The number of hydrogen-bond donors (Lipinski definition) is 4. The number of anilines is 1. The molecule has 8 nitrogen and oxygen atoms in total. The van der Waals surface area contributed by atoms with E-state index in [0.717, 1.165) is 0 Å². The summed E-state index contributed by atoms with van der Waals surface area (Å²) in [7, 11) is 4.51. The molecular weight excluding hydrogens is 276 g/mol. The number of carbonyl (C=O) groups is 1. The van der Waals surface area contributed by atoms with Crippen molar-refractivity contribution in [3.8, 4) is 17.2 Å². The Morgan fingerprint density at radius 3 is 1.76 bits per heavy atom. The quantitative estimate of drug-likeness (QED) is 0.494. The first-order valence-electron chi connectivity index (χ1n) is 6.08. The van der Waals surface area contributed by atoms with E-state index >= 15 is 0 Å². The smallest absolute Gasteiger partial charge is 0.326 e. The molecule has 0 atom stereocenters. The number of ether oxygens (including phenoxy) is 3. The minimum absolute atomic E-state index is 0.449. The summed E-state index contributed by atoms with van der Waals surface area (Å²) >= 11 is 0. The molecule has 0 aliphatic carbocycles. The standard InChI is InChI=1S/C13H20N4O4/c1-6-8(16-13(18)17-12(14)15)7(2)10(20-4)11(21-5)9(6)19-3/h1-5H3,(H5,14,15,16,17,18). The molecule has 0 radical (unpaired) electrons. The molecule has 0 aliphatic rings. The molecule has 5 N–H and O–H groups in total. The van der Waals surface area contributed by atoms with Gasteiger partial charge in [0.15, 0.2) is 17.5 Å². The van der Waals surface area contributed by atoms with Gasteiger partial charge in [-0.15, -0.1) is 0 Å². The number of methoxy groups -OCH3 is 3. The number of nitrogens with two attached hydrogens (primary N) is 1.